The Labute approximate surface area is 331 Å². The van der Waals surface area contributed by atoms with Gasteiger partial charge in [0.05, 0.1) is 36.9 Å². The summed E-state index contributed by atoms with van der Waals surface area (Å²) in [6.07, 6.45) is 6.28. The van der Waals surface area contributed by atoms with Crippen LogP contribution in [-0.2, 0) is 41.4 Å². The van der Waals surface area contributed by atoms with Crippen LogP contribution in [0.3, 0.4) is 0 Å². The van der Waals surface area contributed by atoms with Gasteiger partial charge < -0.3 is 24.2 Å². The zero-order valence-electron chi connectivity index (χ0n) is 31.7. The molecule has 0 aromatic heterocycles. The third kappa shape index (κ3) is 4.96. The van der Waals surface area contributed by atoms with Crippen molar-refractivity contribution in [3.05, 3.63) is 153 Å². The average Bonchev–Trinajstić information content (AvgIpc) is 3.56. The van der Waals surface area contributed by atoms with Gasteiger partial charge in [0.15, 0.2) is 5.78 Å². The number of unbranched alkanes of at least 4 members (excludes halogenated alkanes) is 1. The molecule has 1 fully saturated rings. The van der Waals surface area contributed by atoms with Crippen LogP contribution >= 0.6 is 11.6 Å². The van der Waals surface area contributed by atoms with E-state index in [4.69, 9.17) is 21.1 Å². The molecule has 6 atom stereocenters. The molecular formula is C46H42ClN3O6. The first-order valence-electron chi connectivity index (χ1n) is 19.2. The van der Waals surface area contributed by atoms with Crippen LogP contribution in [0.15, 0.2) is 115 Å². The molecular weight excluding hydrogens is 726 g/mol. The van der Waals surface area contributed by atoms with E-state index in [9.17, 15) is 4.79 Å². The smallest absolute Gasteiger partial charge is 0.339 e. The Kier molecular flexibility index (Phi) is 8.59. The van der Waals surface area contributed by atoms with Gasteiger partial charge in [-0.3, -0.25) is 14.4 Å². The summed E-state index contributed by atoms with van der Waals surface area (Å²) in [6.45, 7) is 6.67. The van der Waals surface area contributed by atoms with Gasteiger partial charge in [0.2, 0.25) is 11.5 Å². The molecule has 56 heavy (non-hydrogen) atoms. The van der Waals surface area contributed by atoms with Crippen molar-refractivity contribution in [2.24, 2.45) is 11.8 Å². The van der Waals surface area contributed by atoms with Crippen molar-refractivity contribution in [1.29, 1.82) is 0 Å². The molecule has 10 heteroatoms. The highest BCUT2D eigenvalue weighted by molar-refractivity contribution is 6.31. The second-order valence-electron chi connectivity index (χ2n) is 15.5. The fourth-order valence-electron chi connectivity index (χ4n) is 9.82. The lowest BCUT2D eigenvalue weighted by atomic mass is 9.53. The molecule has 0 saturated carbocycles. The van der Waals surface area contributed by atoms with Crippen molar-refractivity contribution in [1.82, 2.24) is 4.90 Å². The van der Waals surface area contributed by atoms with Gasteiger partial charge in [0, 0.05) is 40.5 Å². The van der Waals surface area contributed by atoms with Gasteiger partial charge >= 0.3 is 5.97 Å². The third-order valence-electron chi connectivity index (χ3n) is 12.4. The molecule has 2 bridgehead atoms. The van der Waals surface area contributed by atoms with Gasteiger partial charge in [0.25, 0.3) is 5.91 Å². The number of halogens is 1. The number of fused-ring (bicyclic) bond motifs is 3. The maximum atomic E-state index is 15.5. The number of hydrogen-bond acceptors (Lipinski definition) is 7. The van der Waals surface area contributed by atoms with Crippen LogP contribution in [0, 0.1) is 25.7 Å². The lowest BCUT2D eigenvalue weighted by Gasteiger charge is -2.61. The minimum atomic E-state index is -1.89. The highest BCUT2D eigenvalue weighted by Gasteiger charge is 2.73. The lowest BCUT2D eigenvalue weighted by Crippen LogP contribution is -2.73. The number of amides is 2. The van der Waals surface area contributed by atoms with Crippen LogP contribution in [0.4, 0.5) is 11.4 Å². The summed E-state index contributed by atoms with van der Waals surface area (Å²) in [7, 11) is 1.28. The van der Waals surface area contributed by atoms with E-state index in [-0.39, 0.29) is 23.8 Å². The van der Waals surface area contributed by atoms with E-state index in [0.29, 0.717) is 39.6 Å². The van der Waals surface area contributed by atoms with Crippen molar-refractivity contribution in [3.8, 4) is 0 Å². The summed E-state index contributed by atoms with van der Waals surface area (Å²) in [4.78, 5) is 65.5. The van der Waals surface area contributed by atoms with Gasteiger partial charge in [-0.15, -0.1) is 0 Å². The van der Waals surface area contributed by atoms with Crippen molar-refractivity contribution < 1.29 is 28.7 Å². The largest absolute Gasteiger partial charge is 0.466 e. The summed E-state index contributed by atoms with van der Waals surface area (Å²) in [6, 6.07) is 27.4. The molecule has 0 radical (unpaired) electrons. The molecule has 2 spiro atoms. The molecule has 10 rings (SSSR count). The molecule has 2 amide bonds. The second kappa shape index (κ2) is 13.3. The van der Waals surface area contributed by atoms with Crippen molar-refractivity contribution in [2.75, 3.05) is 23.5 Å². The summed E-state index contributed by atoms with van der Waals surface area (Å²) < 4.78 is 12.7. The predicted octanol–water partition coefficient (Wildman–Crippen LogP) is 7.57. The average molecular weight is 768 g/mol. The highest BCUT2D eigenvalue weighted by atomic mass is 35.5. The van der Waals surface area contributed by atoms with Gasteiger partial charge in [-0.25, -0.2) is 4.79 Å². The number of methoxy groups -OCH3 is 1. The molecule has 1 aliphatic carbocycles. The first-order valence-corrected chi connectivity index (χ1v) is 19.6. The molecule has 4 aromatic rings. The summed E-state index contributed by atoms with van der Waals surface area (Å²) >= 11 is 6.75. The van der Waals surface area contributed by atoms with E-state index in [2.05, 4.69) is 6.92 Å². The topological polar surface area (TPSA) is 96.5 Å². The quantitative estimate of drug-likeness (QED) is 0.104. The van der Waals surface area contributed by atoms with Gasteiger partial charge in [-0.1, -0.05) is 115 Å². The summed E-state index contributed by atoms with van der Waals surface area (Å²) in [5, 5.41) is 0.443. The number of benzene rings is 4. The number of piperidine rings is 1. The summed E-state index contributed by atoms with van der Waals surface area (Å²) in [5.41, 5.74) is 2.44. The second-order valence-corrected chi connectivity index (χ2v) is 16.0. The zero-order chi connectivity index (χ0) is 39.1. The minimum absolute atomic E-state index is 0.000718. The number of ether oxygens (including phenoxy) is 2. The Morgan fingerprint density at radius 3 is 2.29 bits per heavy atom. The predicted molar refractivity (Wildman–Crippen MR) is 213 cm³/mol. The molecule has 9 nitrogen and oxygen atoms in total. The number of aryl methyl sites for hydroxylation is 2. The van der Waals surface area contributed by atoms with E-state index in [1.54, 1.807) is 22.1 Å². The van der Waals surface area contributed by atoms with Crippen LogP contribution in [0.2, 0.25) is 5.02 Å². The molecule has 0 N–H and O–H groups in total. The number of anilines is 2. The molecule has 4 aromatic carbocycles. The van der Waals surface area contributed by atoms with Gasteiger partial charge in [-0.05, 0) is 55.7 Å². The Hall–Kier alpha value is -5.51. The third-order valence-corrected chi connectivity index (χ3v) is 12.6. The van der Waals surface area contributed by atoms with Crippen LogP contribution in [-0.4, -0.2) is 54.4 Å². The van der Waals surface area contributed by atoms with E-state index in [1.165, 1.54) is 7.11 Å². The van der Waals surface area contributed by atoms with Crippen molar-refractivity contribution in [2.45, 2.75) is 63.4 Å². The van der Waals surface area contributed by atoms with Crippen molar-refractivity contribution >= 4 is 46.5 Å². The standard InChI is InChI=1S/C46H42ClN3O6/c1-5-6-22-48-36-20-17-31(47)24-33(36)45(43(48)53)38-21-18-32(39(45)40(51)30-15-12-27(2)13-16-30)41-50(38)26-35(42(52)55-4)46(56-41)34-23-28(3)14-19-37(34)49(44(46)54)25-29-10-8-7-9-11-29/h7-21,23-24,26,32,38-39,41H,5-6,22,25H2,1-4H3/t32-,38+,39-,41+,45+,46-/m1/s1. The monoisotopic (exact) mass is 767 g/mol. The van der Waals surface area contributed by atoms with E-state index >= 15 is 14.4 Å². The van der Waals surface area contributed by atoms with Crippen LogP contribution in [0.1, 0.15) is 57.9 Å². The maximum Gasteiger partial charge on any atom is 0.339 e. The van der Waals surface area contributed by atoms with Crippen molar-refractivity contribution in [3.63, 3.8) is 0 Å². The SMILES string of the molecule is CCCCN1C(=O)[C@@]2(c3cc(Cl)ccc31)[C@@H]1C=C[C@@H]([C@@H]3O[C@@]4(C(=O)N(Cc5ccccc5)c5ccc(C)cc54)C(C(=O)OC)=CN13)[C@@H]2C(=O)c1ccc(C)cc1. The molecule has 1 saturated heterocycles. The van der Waals surface area contributed by atoms with E-state index < -0.39 is 47.0 Å². The number of esters is 1. The Morgan fingerprint density at radius 2 is 1.55 bits per heavy atom. The normalized spacial score (nSPS) is 26.8. The fourth-order valence-corrected chi connectivity index (χ4v) is 10.00. The van der Waals surface area contributed by atoms with Crippen LogP contribution in [0.5, 0.6) is 0 Å². The highest BCUT2D eigenvalue weighted by Crippen LogP contribution is 2.63. The Bertz CT molecular complexity index is 2380. The van der Waals surface area contributed by atoms with Crippen LogP contribution in [0.25, 0.3) is 0 Å². The zero-order valence-corrected chi connectivity index (χ0v) is 32.5. The number of Topliss-reactive ketones (excluding diaryl/α,β-unsaturated/α-hetero) is 1. The van der Waals surface area contributed by atoms with Crippen LogP contribution < -0.4 is 9.80 Å². The molecule has 6 aliphatic rings. The molecule has 284 valence electrons. The fraction of sp³-hybridized carbons (Fsp3) is 0.304. The minimum Gasteiger partial charge on any atom is -0.466 e. The maximum absolute atomic E-state index is 15.5. The van der Waals surface area contributed by atoms with E-state index in [0.717, 1.165) is 29.5 Å². The lowest BCUT2D eigenvalue weighted by molar-refractivity contribution is -0.209. The number of rotatable bonds is 8. The molecule has 5 heterocycles. The summed E-state index contributed by atoms with van der Waals surface area (Å²) in [5.74, 6) is -3.25. The number of hydrogen-bond donors (Lipinski definition) is 0. The number of carbonyl (C=O) groups is 4. The van der Waals surface area contributed by atoms with Gasteiger partial charge in [0.1, 0.15) is 11.6 Å². The van der Waals surface area contributed by atoms with E-state index in [1.807, 2.05) is 116 Å². The number of carbonyl (C=O) groups excluding carboxylic acids is 4. The first-order chi connectivity index (χ1) is 27.1. The first kappa shape index (κ1) is 36.1. The molecule has 5 aliphatic heterocycles. The Balaban J connectivity index is 1.27. The van der Waals surface area contributed by atoms with Gasteiger partial charge in [-0.2, -0.15) is 0 Å². The number of ketones is 1. The molecule has 0 unspecified atom stereocenters. The Morgan fingerprint density at radius 1 is 0.839 bits per heavy atom. The number of nitrogens with zero attached hydrogens (tertiary/aromatic N) is 3.